The number of carbonyl (C=O) groups is 2. The van der Waals surface area contributed by atoms with E-state index < -0.39 is 30.6 Å². The first kappa shape index (κ1) is 21.4. The van der Waals surface area contributed by atoms with Gasteiger partial charge < -0.3 is 14.8 Å². The van der Waals surface area contributed by atoms with Gasteiger partial charge in [-0.15, -0.1) is 24.9 Å². The van der Waals surface area contributed by atoms with Crippen molar-refractivity contribution in [3.8, 4) is 5.75 Å². The zero-order valence-corrected chi connectivity index (χ0v) is 15.5. The SMILES string of the molecule is CSc1ccc(/C=C/C(=O)OCC(=O)Nc2ccc(OC(F)(F)F)cc2)cc1. The Morgan fingerprint density at radius 3 is 2.29 bits per heavy atom. The van der Waals surface area contributed by atoms with Crippen molar-refractivity contribution >= 4 is 35.4 Å². The van der Waals surface area contributed by atoms with Crippen molar-refractivity contribution in [2.75, 3.05) is 18.2 Å². The second-order valence-corrected chi connectivity index (χ2v) is 6.21. The number of rotatable bonds is 7. The van der Waals surface area contributed by atoms with E-state index in [0.29, 0.717) is 0 Å². The Kier molecular flexibility index (Phi) is 7.51. The topological polar surface area (TPSA) is 64.6 Å². The van der Waals surface area contributed by atoms with E-state index in [4.69, 9.17) is 4.74 Å². The minimum atomic E-state index is -4.79. The molecule has 0 aliphatic heterocycles. The summed E-state index contributed by atoms with van der Waals surface area (Å²) >= 11 is 1.60. The van der Waals surface area contributed by atoms with E-state index in [1.54, 1.807) is 17.8 Å². The molecule has 2 aromatic carbocycles. The van der Waals surface area contributed by atoms with Crippen LogP contribution in [0.4, 0.5) is 18.9 Å². The van der Waals surface area contributed by atoms with Gasteiger partial charge in [-0.3, -0.25) is 4.79 Å². The van der Waals surface area contributed by atoms with Crippen LogP contribution in [0.3, 0.4) is 0 Å². The van der Waals surface area contributed by atoms with Gasteiger partial charge in [0, 0.05) is 16.7 Å². The Morgan fingerprint density at radius 1 is 1.07 bits per heavy atom. The van der Waals surface area contributed by atoms with Crippen molar-refractivity contribution in [3.05, 3.63) is 60.2 Å². The molecule has 0 saturated carbocycles. The fraction of sp³-hybridized carbons (Fsp3) is 0.158. The predicted molar refractivity (Wildman–Crippen MR) is 100.0 cm³/mol. The molecule has 0 fully saturated rings. The summed E-state index contributed by atoms with van der Waals surface area (Å²) in [6, 6.07) is 12.1. The summed E-state index contributed by atoms with van der Waals surface area (Å²) in [5.41, 5.74) is 1.04. The molecule has 0 radical (unpaired) electrons. The molecule has 148 valence electrons. The number of anilines is 1. The number of thioether (sulfide) groups is 1. The third-order valence-corrected chi connectivity index (χ3v) is 3.99. The van der Waals surface area contributed by atoms with E-state index in [1.807, 2.05) is 30.5 Å². The zero-order chi connectivity index (χ0) is 20.6. The van der Waals surface area contributed by atoms with Crippen LogP contribution in [0.25, 0.3) is 6.08 Å². The van der Waals surface area contributed by atoms with Gasteiger partial charge in [0.05, 0.1) is 0 Å². The monoisotopic (exact) mass is 411 g/mol. The Bertz CT molecular complexity index is 834. The highest BCUT2D eigenvalue weighted by atomic mass is 32.2. The molecule has 2 aromatic rings. The van der Waals surface area contributed by atoms with Gasteiger partial charge in [0.15, 0.2) is 6.61 Å². The van der Waals surface area contributed by atoms with Crippen LogP contribution in [0.1, 0.15) is 5.56 Å². The van der Waals surface area contributed by atoms with Crippen LogP contribution in [-0.2, 0) is 14.3 Å². The molecule has 0 aromatic heterocycles. The molecule has 1 amide bonds. The minimum Gasteiger partial charge on any atom is -0.452 e. The maximum absolute atomic E-state index is 12.1. The van der Waals surface area contributed by atoms with Crippen molar-refractivity contribution in [3.63, 3.8) is 0 Å². The van der Waals surface area contributed by atoms with Crippen LogP contribution in [0.15, 0.2) is 59.5 Å². The van der Waals surface area contributed by atoms with Crippen LogP contribution >= 0.6 is 11.8 Å². The van der Waals surface area contributed by atoms with Crippen LogP contribution in [0, 0.1) is 0 Å². The molecule has 0 aliphatic rings. The first-order chi connectivity index (χ1) is 13.2. The van der Waals surface area contributed by atoms with Crippen molar-refractivity contribution < 1.29 is 32.2 Å². The second kappa shape index (κ2) is 9.84. The van der Waals surface area contributed by atoms with Crippen molar-refractivity contribution in [1.29, 1.82) is 0 Å². The lowest BCUT2D eigenvalue weighted by atomic mass is 10.2. The zero-order valence-electron chi connectivity index (χ0n) is 14.7. The van der Waals surface area contributed by atoms with Crippen LogP contribution in [-0.4, -0.2) is 31.1 Å². The fourth-order valence-corrected chi connectivity index (χ4v) is 2.41. The number of hydrogen-bond donors (Lipinski definition) is 1. The van der Waals surface area contributed by atoms with Crippen LogP contribution in [0.5, 0.6) is 5.75 Å². The first-order valence-corrected chi connectivity index (χ1v) is 9.12. The maximum atomic E-state index is 12.1. The Morgan fingerprint density at radius 2 is 1.71 bits per heavy atom. The number of alkyl halides is 3. The highest BCUT2D eigenvalue weighted by Gasteiger charge is 2.30. The number of esters is 1. The summed E-state index contributed by atoms with van der Waals surface area (Å²) in [7, 11) is 0. The van der Waals surface area contributed by atoms with Gasteiger partial charge in [-0.2, -0.15) is 0 Å². The summed E-state index contributed by atoms with van der Waals surface area (Å²) in [5.74, 6) is -1.73. The summed E-state index contributed by atoms with van der Waals surface area (Å²) in [5, 5.41) is 2.39. The average molecular weight is 411 g/mol. The number of amides is 1. The molecule has 1 N–H and O–H groups in total. The quantitative estimate of drug-likeness (QED) is 0.413. The van der Waals surface area contributed by atoms with Crippen molar-refractivity contribution in [2.45, 2.75) is 11.3 Å². The first-order valence-electron chi connectivity index (χ1n) is 7.90. The third-order valence-electron chi connectivity index (χ3n) is 3.24. The van der Waals surface area contributed by atoms with Gasteiger partial charge in [0.25, 0.3) is 5.91 Å². The summed E-state index contributed by atoms with van der Waals surface area (Å²) in [6.07, 6.45) is -0.0736. The largest absolute Gasteiger partial charge is 0.573 e. The molecule has 0 heterocycles. The smallest absolute Gasteiger partial charge is 0.452 e. The normalized spacial score (nSPS) is 11.3. The van der Waals surface area contributed by atoms with Gasteiger partial charge in [-0.05, 0) is 54.3 Å². The van der Waals surface area contributed by atoms with E-state index in [2.05, 4.69) is 10.1 Å². The summed E-state index contributed by atoms with van der Waals surface area (Å²) in [4.78, 5) is 24.5. The van der Waals surface area contributed by atoms with E-state index >= 15 is 0 Å². The molecule has 0 bridgehead atoms. The second-order valence-electron chi connectivity index (χ2n) is 5.33. The maximum Gasteiger partial charge on any atom is 0.573 e. The molecule has 0 saturated heterocycles. The fourth-order valence-electron chi connectivity index (χ4n) is 2.00. The van der Waals surface area contributed by atoms with Gasteiger partial charge in [-0.25, -0.2) is 4.79 Å². The van der Waals surface area contributed by atoms with Gasteiger partial charge in [0.2, 0.25) is 0 Å². The lowest BCUT2D eigenvalue weighted by Gasteiger charge is -2.10. The molecule has 2 rings (SSSR count). The van der Waals surface area contributed by atoms with Crippen molar-refractivity contribution in [2.24, 2.45) is 0 Å². The summed E-state index contributed by atoms with van der Waals surface area (Å²) < 4.78 is 44.8. The van der Waals surface area contributed by atoms with E-state index in [-0.39, 0.29) is 5.69 Å². The van der Waals surface area contributed by atoms with E-state index in [9.17, 15) is 22.8 Å². The molecule has 28 heavy (non-hydrogen) atoms. The summed E-state index contributed by atoms with van der Waals surface area (Å²) in [6.45, 7) is -0.532. The highest BCUT2D eigenvalue weighted by Crippen LogP contribution is 2.23. The highest BCUT2D eigenvalue weighted by molar-refractivity contribution is 7.98. The van der Waals surface area contributed by atoms with Crippen LogP contribution < -0.4 is 10.1 Å². The number of carbonyl (C=O) groups excluding carboxylic acids is 2. The molecular weight excluding hydrogens is 395 g/mol. The number of benzene rings is 2. The average Bonchev–Trinajstić information content (AvgIpc) is 2.65. The molecule has 0 aliphatic carbocycles. The predicted octanol–water partition coefficient (Wildman–Crippen LogP) is 4.50. The molecule has 5 nitrogen and oxygen atoms in total. The number of nitrogens with one attached hydrogen (secondary N) is 1. The number of ether oxygens (including phenoxy) is 2. The van der Waals surface area contributed by atoms with Gasteiger partial charge in [-0.1, -0.05) is 12.1 Å². The molecule has 9 heteroatoms. The van der Waals surface area contributed by atoms with E-state index in [1.165, 1.54) is 18.2 Å². The Balaban J connectivity index is 1.78. The Hall–Kier alpha value is -2.94. The number of hydrogen-bond acceptors (Lipinski definition) is 5. The molecule has 0 spiro atoms. The Labute approximate surface area is 163 Å². The standard InChI is InChI=1S/C19H16F3NO4S/c1-28-16-9-2-13(3-10-16)4-11-18(25)26-12-17(24)23-14-5-7-15(8-6-14)27-19(20,21)22/h2-11H,12H2,1H3,(H,23,24)/b11-4+. The minimum absolute atomic E-state index is 0.236. The lowest BCUT2D eigenvalue weighted by molar-refractivity contribution is -0.274. The van der Waals surface area contributed by atoms with Crippen molar-refractivity contribution in [1.82, 2.24) is 0 Å². The van der Waals surface area contributed by atoms with E-state index in [0.717, 1.165) is 22.6 Å². The van der Waals surface area contributed by atoms with Crippen LogP contribution in [0.2, 0.25) is 0 Å². The number of halogens is 3. The van der Waals surface area contributed by atoms with Gasteiger partial charge in [0.1, 0.15) is 5.75 Å². The molecule has 0 atom stereocenters. The lowest BCUT2D eigenvalue weighted by Crippen LogP contribution is -2.20. The van der Waals surface area contributed by atoms with Gasteiger partial charge >= 0.3 is 12.3 Å². The molecule has 0 unspecified atom stereocenters. The third kappa shape index (κ3) is 7.75. The molecular formula is C19H16F3NO4S.